The van der Waals surface area contributed by atoms with Crippen LogP contribution in [0.15, 0.2) is 66.7 Å². The van der Waals surface area contributed by atoms with Crippen LogP contribution in [0.2, 0.25) is 0 Å². The number of nitrogens with one attached hydrogen (secondary N) is 4. The van der Waals surface area contributed by atoms with Gasteiger partial charge in [-0.1, -0.05) is 36.4 Å². The molecule has 214 valence electrons. The van der Waals surface area contributed by atoms with E-state index in [1.54, 1.807) is 13.1 Å². The maximum Gasteiger partial charge on any atom is 0.320 e. The van der Waals surface area contributed by atoms with Gasteiger partial charge in [-0.15, -0.1) is 0 Å². The van der Waals surface area contributed by atoms with Crippen LogP contribution < -0.4 is 21.3 Å². The number of carbonyl (C=O) groups is 3. The zero-order valence-corrected chi connectivity index (χ0v) is 23.7. The van der Waals surface area contributed by atoms with Crippen LogP contribution in [0.1, 0.15) is 49.4 Å². The molecule has 0 aliphatic carbocycles. The van der Waals surface area contributed by atoms with Crippen molar-refractivity contribution in [1.29, 1.82) is 0 Å². The van der Waals surface area contributed by atoms with Crippen molar-refractivity contribution in [3.8, 4) is 0 Å². The van der Waals surface area contributed by atoms with Crippen molar-refractivity contribution in [2.45, 2.75) is 45.8 Å². The molecule has 1 aliphatic rings. The summed E-state index contributed by atoms with van der Waals surface area (Å²) in [4.78, 5) is 36.7. The summed E-state index contributed by atoms with van der Waals surface area (Å²) in [7, 11) is 1.61. The minimum atomic E-state index is -0.533. The first kappa shape index (κ1) is 29.5. The number of rotatable bonds is 10. The number of amides is 2. The van der Waals surface area contributed by atoms with Gasteiger partial charge in [-0.05, 0) is 74.2 Å². The molecule has 1 heterocycles. The number of anilines is 2. The Morgan fingerprint density at radius 2 is 1.63 bits per heavy atom. The highest BCUT2D eigenvalue weighted by atomic mass is 19.1. The van der Waals surface area contributed by atoms with Crippen molar-refractivity contribution in [3.63, 3.8) is 0 Å². The first-order chi connectivity index (χ1) is 19.5. The van der Waals surface area contributed by atoms with Crippen molar-refractivity contribution in [1.82, 2.24) is 10.6 Å². The van der Waals surface area contributed by atoms with E-state index in [-0.39, 0.29) is 24.3 Å². The summed E-state index contributed by atoms with van der Waals surface area (Å²) in [6, 6.07) is 19.5. The van der Waals surface area contributed by atoms with Crippen molar-refractivity contribution in [2.75, 3.05) is 24.2 Å². The molecule has 0 saturated heterocycles. The van der Waals surface area contributed by atoms with E-state index in [2.05, 4.69) is 21.3 Å². The molecule has 0 aromatic heterocycles. The van der Waals surface area contributed by atoms with Gasteiger partial charge in [0.15, 0.2) is 0 Å². The molecule has 2 amide bonds. The van der Waals surface area contributed by atoms with Crippen LogP contribution in [0.3, 0.4) is 0 Å². The third kappa shape index (κ3) is 8.02. The summed E-state index contributed by atoms with van der Waals surface area (Å²) >= 11 is 0. The van der Waals surface area contributed by atoms with E-state index >= 15 is 0 Å². The molecule has 8 nitrogen and oxygen atoms in total. The first-order valence-corrected chi connectivity index (χ1v) is 13.5. The van der Waals surface area contributed by atoms with Crippen molar-refractivity contribution >= 4 is 40.4 Å². The zero-order valence-electron chi connectivity index (χ0n) is 23.7. The van der Waals surface area contributed by atoms with Crippen LogP contribution in [-0.4, -0.2) is 37.0 Å². The number of aryl methyl sites for hydroxylation is 1. The smallest absolute Gasteiger partial charge is 0.320 e. The summed E-state index contributed by atoms with van der Waals surface area (Å²) in [5.74, 6) is -1.12. The summed E-state index contributed by atoms with van der Waals surface area (Å²) in [6.45, 7) is 6.06. The molecule has 0 saturated carbocycles. The molecule has 1 aliphatic heterocycles. The Balaban J connectivity index is 1.56. The fourth-order valence-corrected chi connectivity index (χ4v) is 4.43. The number of esters is 1. The molecule has 41 heavy (non-hydrogen) atoms. The largest absolute Gasteiger partial charge is 0.459 e. The summed E-state index contributed by atoms with van der Waals surface area (Å²) in [5.41, 5.74) is 4.92. The monoisotopic (exact) mass is 558 g/mol. The van der Waals surface area contributed by atoms with Crippen LogP contribution in [0.5, 0.6) is 0 Å². The molecule has 0 radical (unpaired) electrons. The second-order valence-electron chi connectivity index (χ2n) is 10.8. The topological polar surface area (TPSA) is 109 Å². The molecule has 4 rings (SSSR count). The van der Waals surface area contributed by atoms with Crippen molar-refractivity contribution in [3.05, 3.63) is 94.8 Å². The van der Waals surface area contributed by atoms with Gasteiger partial charge in [-0.3, -0.25) is 14.4 Å². The Kier molecular flexibility index (Phi) is 9.19. The van der Waals surface area contributed by atoms with Gasteiger partial charge in [0.05, 0.1) is 23.5 Å². The van der Waals surface area contributed by atoms with Gasteiger partial charge in [-0.25, -0.2) is 4.39 Å². The summed E-state index contributed by atoms with van der Waals surface area (Å²) in [6.07, 6.45) is 0.966. The maximum atomic E-state index is 13.9. The Morgan fingerprint density at radius 3 is 2.29 bits per heavy atom. The summed E-state index contributed by atoms with van der Waals surface area (Å²) in [5, 5.41) is 11.9. The van der Waals surface area contributed by atoms with Crippen LogP contribution in [-0.2, 0) is 32.1 Å². The number of fused-ring (bicyclic) bond motifs is 1. The predicted molar refractivity (Wildman–Crippen MR) is 158 cm³/mol. The van der Waals surface area contributed by atoms with E-state index in [1.807, 2.05) is 69.3 Å². The number of carbonyl (C=O) groups excluding carboxylic acids is 3. The molecular weight excluding hydrogens is 523 g/mol. The molecule has 0 unspecified atom stereocenters. The van der Waals surface area contributed by atoms with E-state index in [9.17, 15) is 18.8 Å². The Labute approximate surface area is 239 Å². The Morgan fingerprint density at radius 1 is 0.951 bits per heavy atom. The minimum Gasteiger partial charge on any atom is -0.459 e. The van der Waals surface area contributed by atoms with E-state index in [4.69, 9.17) is 4.74 Å². The maximum absolute atomic E-state index is 13.9. The van der Waals surface area contributed by atoms with Gasteiger partial charge in [0.25, 0.3) is 5.91 Å². The number of ether oxygens (including phenoxy) is 1. The van der Waals surface area contributed by atoms with Gasteiger partial charge in [0.2, 0.25) is 5.91 Å². The highest BCUT2D eigenvalue weighted by Gasteiger charge is 2.29. The molecule has 9 heteroatoms. The molecule has 0 atom stereocenters. The lowest BCUT2D eigenvalue weighted by Gasteiger charge is -2.19. The third-order valence-corrected chi connectivity index (χ3v) is 6.38. The van der Waals surface area contributed by atoms with Crippen LogP contribution >= 0.6 is 0 Å². The average Bonchev–Trinajstić information content (AvgIpc) is 3.24. The second-order valence-corrected chi connectivity index (χ2v) is 10.8. The van der Waals surface area contributed by atoms with Crippen LogP contribution in [0.4, 0.5) is 15.8 Å². The Hall–Kier alpha value is -4.50. The van der Waals surface area contributed by atoms with Gasteiger partial charge < -0.3 is 26.0 Å². The highest BCUT2D eigenvalue weighted by Crippen LogP contribution is 2.38. The third-order valence-electron chi connectivity index (χ3n) is 6.38. The lowest BCUT2D eigenvalue weighted by atomic mass is 9.98. The summed E-state index contributed by atoms with van der Waals surface area (Å²) < 4.78 is 19.2. The second kappa shape index (κ2) is 12.8. The zero-order chi connectivity index (χ0) is 29.6. The minimum absolute atomic E-state index is 0.0338. The fourth-order valence-electron chi connectivity index (χ4n) is 4.43. The molecule has 0 fully saturated rings. The van der Waals surface area contributed by atoms with E-state index in [0.717, 1.165) is 22.4 Å². The average molecular weight is 559 g/mol. The quantitative estimate of drug-likeness (QED) is 0.209. The standard InChI is InChI=1S/C32H35FN4O4/c1-32(2,3)41-28(39)19-35-18-21-7-13-24(14-8-21)36-30(22-10-5-20(6-11-22)9-16-27(38)34-4)29-25-15-12-23(33)17-26(25)37-31(29)40/h5-8,10-15,17,35-36H,9,16,18-19H2,1-4H3,(H,34,38)(H,37,40). The van der Waals surface area contributed by atoms with E-state index in [0.29, 0.717) is 41.9 Å². The number of hydrogen-bond donors (Lipinski definition) is 4. The van der Waals surface area contributed by atoms with Crippen molar-refractivity contribution in [2.24, 2.45) is 0 Å². The molecule has 4 N–H and O–H groups in total. The number of benzene rings is 3. The SMILES string of the molecule is CNC(=O)CCc1ccc(C(Nc2ccc(CNCC(=O)OC(C)(C)C)cc2)=C2C(=O)Nc3cc(F)ccc32)cc1. The first-order valence-electron chi connectivity index (χ1n) is 13.5. The number of halogens is 1. The van der Waals surface area contributed by atoms with Crippen LogP contribution in [0, 0.1) is 5.82 Å². The molecule has 3 aromatic rings. The van der Waals surface area contributed by atoms with Crippen LogP contribution in [0.25, 0.3) is 11.3 Å². The molecular formula is C32H35FN4O4. The van der Waals surface area contributed by atoms with E-state index < -0.39 is 11.4 Å². The van der Waals surface area contributed by atoms with Crippen molar-refractivity contribution < 1.29 is 23.5 Å². The normalized spacial score (nSPS) is 13.7. The van der Waals surface area contributed by atoms with E-state index in [1.165, 1.54) is 12.1 Å². The van der Waals surface area contributed by atoms with Gasteiger partial charge >= 0.3 is 5.97 Å². The van der Waals surface area contributed by atoms with Gasteiger partial charge in [0.1, 0.15) is 11.4 Å². The predicted octanol–water partition coefficient (Wildman–Crippen LogP) is 4.87. The number of hydrogen-bond acceptors (Lipinski definition) is 6. The van der Waals surface area contributed by atoms with Gasteiger partial charge in [-0.2, -0.15) is 0 Å². The Bertz CT molecular complexity index is 1460. The molecule has 3 aromatic carbocycles. The van der Waals surface area contributed by atoms with Gasteiger partial charge in [0, 0.05) is 31.3 Å². The molecule has 0 bridgehead atoms. The molecule has 0 spiro atoms. The lowest BCUT2D eigenvalue weighted by molar-refractivity contribution is -0.153. The fraction of sp³-hybridized carbons (Fsp3) is 0.281. The lowest BCUT2D eigenvalue weighted by Crippen LogP contribution is -2.31. The highest BCUT2D eigenvalue weighted by molar-refractivity contribution is 6.37.